The second kappa shape index (κ2) is 4.15. The normalized spacial score (nSPS) is 11.6. The molecule has 0 bridgehead atoms. The van der Waals surface area contributed by atoms with Crippen LogP contribution in [0.2, 0.25) is 0 Å². The van der Waals surface area contributed by atoms with Crippen LogP contribution in [0, 0.1) is 0 Å². The Morgan fingerprint density at radius 2 is 2.43 bits per heavy atom. The molecule has 72 valence electrons. The van der Waals surface area contributed by atoms with Crippen LogP contribution in [-0.2, 0) is 0 Å². The van der Waals surface area contributed by atoms with Crippen molar-refractivity contribution in [1.29, 1.82) is 0 Å². The van der Waals surface area contributed by atoms with Crippen molar-refractivity contribution in [2.24, 2.45) is 0 Å². The van der Waals surface area contributed by atoms with Crippen molar-refractivity contribution < 1.29 is 0 Å². The Bertz CT molecular complexity index is 476. The van der Waals surface area contributed by atoms with Gasteiger partial charge in [0.15, 0.2) is 0 Å². The molecule has 0 atom stereocenters. The zero-order chi connectivity index (χ0) is 9.97. The SMILES string of the molecule is ClCC=Cc1c[nH]c2ncc(Br)cc12. The summed E-state index contributed by atoms with van der Waals surface area (Å²) in [5.41, 5.74) is 2.00. The maximum atomic E-state index is 5.58. The van der Waals surface area contributed by atoms with Crippen LogP contribution in [0.3, 0.4) is 0 Å². The zero-order valence-corrected chi connectivity index (χ0v) is 9.64. The van der Waals surface area contributed by atoms with Gasteiger partial charge in [0.05, 0.1) is 0 Å². The highest BCUT2D eigenvalue weighted by molar-refractivity contribution is 9.10. The molecule has 0 spiro atoms. The first kappa shape index (κ1) is 9.74. The summed E-state index contributed by atoms with van der Waals surface area (Å²) >= 11 is 8.97. The Morgan fingerprint density at radius 1 is 1.57 bits per heavy atom. The Hall–Kier alpha value is -0.800. The number of aromatic nitrogens is 2. The number of fused-ring (bicyclic) bond motifs is 1. The maximum Gasteiger partial charge on any atom is 0.137 e. The molecule has 0 aliphatic heterocycles. The highest BCUT2D eigenvalue weighted by atomic mass is 79.9. The van der Waals surface area contributed by atoms with Gasteiger partial charge >= 0.3 is 0 Å². The summed E-state index contributed by atoms with van der Waals surface area (Å²) in [5.74, 6) is 0.522. The number of pyridine rings is 1. The van der Waals surface area contributed by atoms with Crippen LogP contribution in [0.1, 0.15) is 5.56 Å². The highest BCUT2D eigenvalue weighted by Crippen LogP contribution is 2.21. The molecule has 2 heterocycles. The fourth-order valence-corrected chi connectivity index (χ4v) is 1.73. The minimum absolute atomic E-state index is 0.522. The van der Waals surface area contributed by atoms with Crippen molar-refractivity contribution >= 4 is 44.6 Å². The largest absolute Gasteiger partial charge is 0.346 e. The van der Waals surface area contributed by atoms with Crippen molar-refractivity contribution in [3.05, 3.63) is 34.6 Å². The first-order chi connectivity index (χ1) is 6.81. The van der Waals surface area contributed by atoms with E-state index >= 15 is 0 Å². The molecular formula is C10H8BrClN2. The smallest absolute Gasteiger partial charge is 0.137 e. The second-order valence-corrected chi connectivity index (χ2v) is 4.07. The number of alkyl halides is 1. The van der Waals surface area contributed by atoms with E-state index in [0.29, 0.717) is 5.88 Å². The van der Waals surface area contributed by atoms with Gasteiger partial charge in [-0.1, -0.05) is 12.2 Å². The molecular weight excluding hydrogens is 263 g/mol. The third kappa shape index (κ3) is 1.83. The average Bonchev–Trinajstić information content (AvgIpc) is 2.57. The van der Waals surface area contributed by atoms with Gasteiger partial charge in [0.2, 0.25) is 0 Å². The van der Waals surface area contributed by atoms with Crippen molar-refractivity contribution in [2.75, 3.05) is 5.88 Å². The molecule has 2 aromatic heterocycles. The van der Waals surface area contributed by atoms with Crippen molar-refractivity contribution in [3.8, 4) is 0 Å². The fraction of sp³-hybridized carbons (Fsp3) is 0.100. The standard InChI is InChI=1S/C10H8BrClN2/c11-8-4-9-7(2-1-3-12)5-13-10(9)14-6-8/h1-2,4-6H,3H2,(H,13,14). The monoisotopic (exact) mass is 270 g/mol. The minimum atomic E-state index is 0.522. The topological polar surface area (TPSA) is 28.7 Å². The van der Waals surface area contributed by atoms with Crippen LogP contribution < -0.4 is 0 Å². The lowest BCUT2D eigenvalue weighted by atomic mass is 10.2. The fourth-order valence-electron chi connectivity index (χ4n) is 1.31. The van der Waals surface area contributed by atoms with Crippen LogP contribution in [-0.4, -0.2) is 15.8 Å². The molecule has 2 aromatic rings. The van der Waals surface area contributed by atoms with Crippen LogP contribution >= 0.6 is 27.5 Å². The van der Waals surface area contributed by atoms with Crippen molar-refractivity contribution in [1.82, 2.24) is 9.97 Å². The Labute approximate surface area is 95.1 Å². The summed E-state index contributed by atoms with van der Waals surface area (Å²) in [6.07, 6.45) is 7.59. The lowest BCUT2D eigenvalue weighted by Crippen LogP contribution is -1.75. The first-order valence-corrected chi connectivity index (χ1v) is 5.49. The van der Waals surface area contributed by atoms with Crippen LogP contribution in [0.25, 0.3) is 17.1 Å². The molecule has 14 heavy (non-hydrogen) atoms. The Kier molecular flexibility index (Phi) is 2.89. The predicted octanol–water partition coefficient (Wildman–Crippen LogP) is 3.58. The summed E-state index contributed by atoms with van der Waals surface area (Å²) in [6.45, 7) is 0. The van der Waals surface area contributed by atoms with Gasteiger partial charge in [-0.15, -0.1) is 11.6 Å². The third-order valence-electron chi connectivity index (χ3n) is 1.92. The van der Waals surface area contributed by atoms with Gasteiger partial charge in [-0.05, 0) is 22.0 Å². The number of rotatable bonds is 2. The maximum absolute atomic E-state index is 5.58. The van der Waals surface area contributed by atoms with Crippen LogP contribution in [0.15, 0.2) is 29.0 Å². The molecule has 1 N–H and O–H groups in total. The van der Waals surface area contributed by atoms with Gasteiger partial charge in [-0.2, -0.15) is 0 Å². The summed E-state index contributed by atoms with van der Waals surface area (Å²) in [7, 11) is 0. The van der Waals surface area contributed by atoms with E-state index in [1.165, 1.54) is 0 Å². The van der Waals surface area contributed by atoms with E-state index in [-0.39, 0.29) is 0 Å². The Balaban J connectivity index is 2.55. The van der Waals surface area contributed by atoms with Gasteiger partial charge in [0.25, 0.3) is 0 Å². The molecule has 0 radical (unpaired) electrons. The first-order valence-electron chi connectivity index (χ1n) is 4.16. The van der Waals surface area contributed by atoms with Crippen molar-refractivity contribution in [2.45, 2.75) is 0 Å². The second-order valence-electron chi connectivity index (χ2n) is 2.85. The van der Waals surface area contributed by atoms with E-state index in [1.54, 1.807) is 6.20 Å². The molecule has 0 fully saturated rings. The predicted molar refractivity (Wildman–Crippen MR) is 63.5 cm³/mol. The number of nitrogens with zero attached hydrogens (tertiary/aromatic N) is 1. The zero-order valence-electron chi connectivity index (χ0n) is 7.30. The quantitative estimate of drug-likeness (QED) is 0.831. The van der Waals surface area contributed by atoms with E-state index in [9.17, 15) is 0 Å². The van der Waals surface area contributed by atoms with Gasteiger partial charge in [0.1, 0.15) is 5.65 Å². The number of allylic oxidation sites excluding steroid dienone is 1. The third-order valence-corrected chi connectivity index (χ3v) is 2.53. The number of H-pyrrole nitrogens is 1. The number of hydrogen-bond donors (Lipinski definition) is 1. The van der Waals surface area contributed by atoms with E-state index in [0.717, 1.165) is 21.1 Å². The lowest BCUT2D eigenvalue weighted by Gasteiger charge is -1.92. The minimum Gasteiger partial charge on any atom is -0.346 e. The van der Waals surface area contributed by atoms with Gasteiger partial charge < -0.3 is 4.98 Å². The van der Waals surface area contributed by atoms with Crippen molar-refractivity contribution in [3.63, 3.8) is 0 Å². The molecule has 0 aliphatic rings. The lowest BCUT2D eigenvalue weighted by molar-refractivity contribution is 1.31. The molecule has 2 rings (SSSR count). The highest BCUT2D eigenvalue weighted by Gasteiger charge is 2.01. The summed E-state index contributed by atoms with van der Waals surface area (Å²) in [4.78, 5) is 7.34. The van der Waals surface area contributed by atoms with Crippen LogP contribution in [0.4, 0.5) is 0 Å². The Morgan fingerprint density at radius 3 is 3.21 bits per heavy atom. The molecule has 0 aromatic carbocycles. The molecule has 0 aliphatic carbocycles. The molecule has 0 saturated heterocycles. The van der Waals surface area contributed by atoms with E-state index in [2.05, 4.69) is 25.9 Å². The molecule has 0 saturated carbocycles. The molecule has 0 unspecified atom stereocenters. The number of hydrogen-bond acceptors (Lipinski definition) is 1. The number of halogens is 2. The molecule has 2 nitrogen and oxygen atoms in total. The molecule has 0 amide bonds. The number of nitrogens with one attached hydrogen (secondary N) is 1. The van der Waals surface area contributed by atoms with Gasteiger partial charge in [-0.25, -0.2) is 4.98 Å². The van der Waals surface area contributed by atoms with E-state index in [1.807, 2.05) is 24.4 Å². The van der Waals surface area contributed by atoms with E-state index in [4.69, 9.17) is 11.6 Å². The van der Waals surface area contributed by atoms with Gasteiger partial charge in [0, 0.05) is 33.7 Å². The average molecular weight is 272 g/mol. The summed E-state index contributed by atoms with van der Waals surface area (Å²) < 4.78 is 0.977. The van der Waals surface area contributed by atoms with E-state index < -0.39 is 0 Å². The summed E-state index contributed by atoms with van der Waals surface area (Å²) in [6, 6.07) is 2.03. The van der Waals surface area contributed by atoms with Gasteiger partial charge in [-0.3, -0.25) is 0 Å². The molecule has 4 heteroatoms. The summed E-state index contributed by atoms with van der Waals surface area (Å²) in [5, 5.41) is 1.10. The number of aromatic amines is 1. The van der Waals surface area contributed by atoms with Crippen LogP contribution in [0.5, 0.6) is 0 Å².